The summed E-state index contributed by atoms with van der Waals surface area (Å²) in [5.74, 6) is -0.147. The number of carbonyl (C=O) groups is 2. The van der Waals surface area contributed by atoms with Crippen LogP contribution in [0.15, 0.2) is 54.6 Å². The Morgan fingerprint density at radius 1 is 0.971 bits per heavy atom. The maximum atomic E-state index is 13.7. The molecule has 1 heterocycles. The van der Waals surface area contributed by atoms with Crippen molar-refractivity contribution in [1.29, 1.82) is 5.41 Å². The van der Waals surface area contributed by atoms with E-state index in [0.29, 0.717) is 25.2 Å². The predicted octanol–water partition coefficient (Wildman–Crippen LogP) is 3.45. The van der Waals surface area contributed by atoms with Crippen LogP contribution in [-0.4, -0.2) is 67.0 Å². The second-order valence-corrected chi connectivity index (χ2v) is 9.36. The lowest BCUT2D eigenvalue weighted by Crippen LogP contribution is -2.55. The van der Waals surface area contributed by atoms with Gasteiger partial charge < -0.3 is 25.2 Å². The van der Waals surface area contributed by atoms with Crippen LogP contribution in [0.5, 0.6) is 0 Å². The van der Waals surface area contributed by atoms with E-state index in [-0.39, 0.29) is 29.8 Å². The van der Waals surface area contributed by atoms with Gasteiger partial charge >= 0.3 is 12.0 Å². The molecular formula is C27H35N5O3. The molecule has 1 aliphatic heterocycles. The number of nitrogens with two attached hydrogens (primary N) is 1. The number of anilines is 1. The molecule has 2 aromatic rings. The van der Waals surface area contributed by atoms with Crippen molar-refractivity contribution < 1.29 is 14.3 Å². The number of piperazine rings is 1. The molecule has 4 rings (SSSR count). The van der Waals surface area contributed by atoms with E-state index >= 15 is 0 Å². The number of carbonyl (C=O) groups excluding carboxylic acids is 2. The summed E-state index contributed by atoms with van der Waals surface area (Å²) in [6.07, 6.45) is 3.11. The van der Waals surface area contributed by atoms with E-state index in [2.05, 4.69) is 17.0 Å². The Hall–Kier alpha value is -3.55. The largest absolute Gasteiger partial charge is 0.469 e. The zero-order valence-corrected chi connectivity index (χ0v) is 20.4. The van der Waals surface area contributed by atoms with Gasteiger partial charge in [0.1, 0.15) is 5.84 Å². The molecule has 2 fully saturated rings. The lowest BCUT2D eigenvalue weighted by atomic mass is 9.85. The Balaban J connectivity index is 1.41. The number of nitrogens with one attached hydrogen (secondary N) is 1. The molecule has 0 atom stereocenters. The molecule has 2 amide bonds. The first-order valence-corrected chi connectivity index (χ1v) is 12.3. The van der Waals surface area contributed by atoms with Gasteiger partial charge in [-0.3, -0.25) is 10.2 Å². The molecule has 8 nitrogen and oxygen atoms in total. The van der Waals surface area contributed by atoms with Gasteiger partial charge in [-0.05, 0) is 55.5 Å². The maximum absolute atomic E-state index is 13.7. The van der Waals surface area contributed by atoms with Gasteiger partial charge in [0.25, 0.3) is 0 Å². The molecule has 1 aliphatic carbocycles. The fourth-order valence-electron chi connectivity index (χ4n) is 5.11. The number of hydrogen-bond donors (Lipinski definition) is 2. The summed E-state index contributed by atoms with van der Waals surface area (Å²) in [5.41, 5.74) is 8.46. The summed E-state index contributed by atoms with van der Waals surface area (Å²) >= 11 is 0. The highest BCUT2D eigenvalue weighted by Gasteiger charge is 2.34. The van der Waals surface area contributed by atoms with Crippen molar-refractivity contribution in [1.82, 2.24) is 9.80 Å². The van der Waals surface area contributed by atoms with Crippen molar-refractivity contribution in [2.45, 2.75) is 38.3 Å². The van der Waals surface area contributed by atoms with E-state index in [4.69, 9.17) is 15.9 Å². The molecule has 3 N–H and O–H groups in total. The van der Waals surface area contributed by atoms with Gasteiger partial charge in [0.15, 0.2) is 0 Å². The fraction of sp³-hybridized carbons (Fsp3) is 0.444. The van der Waals surface area contributed by atoms with Crippen LogP contribution in [0, 0.1) is 11.3 Å². The van der Waals surface area contributed by atoms with Crippen LogP contribution in [0.4, 0.5) is 10.5 Å². The zero-order chi connectivity index (χ0) is 24.8. The molecule has 0 radical (unpaired) electrons. The predicted molar refractivity (Wildman–Crippen MR) is 136 cm³/mol. The number of esters is 1. The Labute approximate surface area is 207 Å². The van der Waals surface area contributed by atoms with Gasteiger partial charge in [0, 0.05) is 50.0 Å². The van der Waals surface area contributed by atoms with Gasteiger partial charge in [-0.1, -0.05) is 30.3 Å². The molecule has 0 spiro atoms. The molecule has 35 heavy (non-hydrogen) atoms. The Bertz CT molecular complexity index is 1010. The minimum absolute atomic E-state index is 0.0612. The average Bonchev–Trinajstić information content (AvgIpc) is 2.92. The lowest BCUT2D eigenvalue weighted by Gasteiger charge is -2.42. The fourth-order valence-corrected chi connectivity index (χ4v) is 5.11. The van der Waals surface area contributed by atoms with Crippen LogP contribution < -0.4 is 10.6 Å². The number of hydrogen-bond acceptors (Lipinski definition) is 5. The standard InChI is InChI=1S/C27H35N5O3/c1-35-26(33)22-9-13-24(14-10-22)32(19-20-5-3-2-4-6-20)27(34)31-17-15-30(16-18-31)23-11-7-21(8-12-23)25(28)29/h2-8,11-12,22,24H,9-10,13-19H2,1H3,(H3,28,29). The number of rotatable bonds is 6. The van der Waals surface area contributed by atoms with Crippen molar-refractivity contribution in [3.05, 3.63) is 65.7 Å². The van der Waals surface area contributed by atoms with Crippen molar-refractivity contribution in [2.24, 2.45) is 11.7 Å². The number of amidine groups is 1. The van der Waals surface area contributed by atoms with E-state index < -0.39 is 0 Å². The van der Waals surface area contributed by atoms with Gasteiger partial charge in [-0.25, -0.2) is 4.79 Å². The van der Waals surface area contributed by atoms with Crippen LogP contribution in [0.2, 0.25) is 0 Å². The second-order valence-electron chi connectivity index (χ2n) is 9.36. The number of methoxy groups -OCH3 is 1. The number of benzene rings is 2. The highest BCUT2D eigenvalue weighted by Crippen LogP contribution is 2.30. The number of nitrogen functional groups attached to an aromatic ring is 1. The van der Waals surface area contributed by atoms with Crippen molar-refractivity contribution in [3.8, 4) is 0 Å². The number of amides is 2. The SMILES string of the molecule is COC(=O)C1CCC(N(Cc2ccccc2)C(=O)N2CCN(c3ccc(C(=N)N)cc3)CC2)CC1. The van der Waals surface area contributed by atoms with Gasteiger partial charge in [-0.15, -0.1) is 0 Å². The van der Waals surface area contributed by atoms with Crippen molar-refractivity contribution in [2.75, 3.05) is 38.2 Å². The monoisotopic (exact) mass is 477 g/mol. The van der Waals surface area contributed by atoms with E-state index in [1.54, 1.807) is 0 Å². The molecule has 2 aromatic carbocycles. The number of ether oxygens (including phenoxy) is 1. The third-order valence-electron chi connectivity index (χ3n) is 7.21. The highest BCUT2D eigenvalue weighted by molar-refractivity contribution is 5.95. The summed E-state index contributed by atoms with van der Waals surface area (Å²) in [6, 6.07) is 18.0. The third kappa shape index (κ3) is 5.93. The molecular weight excluding hydrogens is 442 g/mol. The first kappa shape index (κ1) is 24.6. The first-order chi connectivity index (χ1) is 17.0. The van der Waals surface area contributed by atoms with Crippen LogP contribution >= 0.6 is 0 Å². The van der Waals surface area contributed by atoms with Crippen LogP contribution in [0.1, 0.15) is 36.8 Å². The third-order valence-corrected chi connectivity index (χ3v) is 7.21. The summed E-state index contributed by atoms with van der Waals surface area (Å²) in [7, 11) is 1.44. The molecule has 8 heteroatoms. The first-order valence-electron chi connectivity index (χ1n) is 12.3. The average molecular weight is 478 g/mol. The van der Waals surface area contributed by atoms with Gasteiger partial charge in [-0.2, -0.15) is 0 Å². The molecule has 0 unspecified atom stereocenters. The smallest absolute Gasteiger partial charge is 0.320 e. The quantitative estimate of drug-likeness (QED) is 0.377. The van der Waals surface area contributed by atoms with Gasteiger partial charge in [0.05, 0.1) is 13.0 Å². The van der Waals surface area contributed by atoms with Crippen LogP contribution in [0.25, 0.3) is 0 Å². The van der Waals surface area contributed by atoms with E-state index in [0.717, 1.165) is 50.0 Å². The second kappa shape index (κ2) is 11.3. The summed E-state index contributed by atoms with van der Waals surface area (Å²) in [5, 5.41) is 7.56. The molecule has 2 aliphatic rings. The molecule has 0 bridgehead atoms. The van der Waals surface area contributed by atoms with Crippen molar-refractivity contribution in [3.63, 3.8) is 0 Å². The Morgan fingerprint density at radius 3 is 2.17 bits per heavy atom. The molecule has 0 aromatic heterocycles. The van der Waals surface area contributed by atoms with Crippen LogP contribution in [0.3, 0.4) is 0 Å². The highest BCUT2D eigenvalue weighted by atomic mass is 16.5. The lowest BCUT2D eigenvalue weighted by molar-refractivity contribution is -0.146. The summed E-state index contributed by atoms with van der Waals surface area (Å²) < 4.78 is 4.94. The number of urea groups is 1. The molecule has 1 saturated heterocycles. The Kier molecular flexibility index (Phi) is 7.90. The zero-order valence-electron chi connectivity index (χ0n) is 20.4. The summed E-state index contributed by atoms with van der Waals surface area (Å²) in [6.45, 7) is 3.37. The maximum Gasteiger partial charge on any atom is 0.320 e. The topological polar surface area (TPSA) is 103 Å². The van der Waals surface area contributed by atoms with E-state index in [1.165, 1.54) is 7.11 Å². The molecule has 1 saturated carbocycles. The van der Waals surface area contributed by atoms with E-state index in [1.807, 2.05) is 52.3 Å². The summed E-state index contributed by atoms with van der Waals surface area (Å²) in [4.78, 5) is 32.0. The van der Waals surface area contributed by atoms with E-state index in [9.17, 15) is 9.59 Å². The van der Waals surface area contributed by atoms with Crippen molar-refractivity contribution >= 4 is 23.5 Å². The van der Waals surface area contributed by atoms with Crippen LogP contribution in [-0.2, 0) is 16.1 Å². The Morgan fingerprint density at radius 2 is 1.60 bits per heavy atom. The molecule has 186 valence electrons. The number of nitrogens with zero attached hydrogens (tertiary/aromatic N) is 3. The minimum Gasteiger partial charge on any atom is -0.469 e. The minimum atomic E-state index is -0.142. The normalized spacial score (nSPS) is 20.3. The van der Waals surface area contributed by atoms with Gasteiger partial charge in [0.2, 0.25) is 0 Å².